The van der Waals surface area contributed by atoms with Gasteiger partial charge in [0.15, 0.2) is 0 Å². The molecule has 0 aromatic heterocycles. The van der Waals surface area contributed by atoms with Gasteiger partial charge in [-0.1, -0.05) is 24.1 Å². The minimum Gasteiger partial charge on any atom is -0.271 e. The summed E-state index contributed by atoms with van der Waals surface area (Å²) in [6.45, 7) is 0. The molecule has 1 saturated carbocycles. The lowest BCUT2D eigenvalue weighted by Gasteiger charge is -2.34. The van der Waals surface area contributed by atoms with Crippen LogP contribution in [0.4, 0.5) is 4.39 Å². The summed E-state index contributed by atoms with van der Waals surface area (Å²) >= 11 is 6.09. The predicted octanol–water partition coefficient (Wildman–Crippen LogP) is 2.59. The third kappa shape index (κ3) is 3.94. The van der Waals surface area contributed by atoms with E-state index < -0.39 is 15.7 Å². The molecule has 0 bridgehead atoms. The Morgan fingerprint density at radius 3 is 2.71 bits per heavy atom. The first-order chi connectivity index (χ1) is 9.82. The Labute approximate surface area is 129 Å². The van der Waals surface area contributed by atoms with Gasteiger partial charge in [0.1, 0.15) is 15.7 Å². The molecule has 1 fully saturated rings. The summed E-state index contributed by atoms with van der Waals surface area (Å²) in [6.07, 6.45) is 4.20. The van der Waals surface area contributed by atoms with E-state index in [4.69, 9.17) is 17.4 Å². The Kier molecular flexibility index (Phi) is 5.24. The predicted molar refractivity (Wildman–Crippen MR) is 82.1 cm³/mol. The van der Waals surface area contributed by atoms with Gasteiger partial charge in [0.25, 0.3) is 0 Å². The molecular weight excluding hydrogens is 315 g/mol. The van der Waals surface area contributed by atoms with Gasteiger partial charge in [-0.2, -0.15) is 0 Å². The maximum Gasteiger partial charge on any atom is 0.150 e. The fourth-order valence-electron chi connectivity index (χ4n) is 3.11. The smallest absolute Gasteiger partial charge is 0.150 e. The third-order valence-electron chi connectivity index (χ3n) is 4.22. The Morgan fingerprint density at radius 1 is 1.43 bits per heavy atom. The SMILES string of the molecule is CS(=O)(=O)C1CCCC(C(NN)c2ccc(F)cc2Cl)C1. The topological polar surface area (TPSA) is 72.2 Å². The van der Waals surface area contributed by atoms with E-state index in [1.807, 2.05) is 0 Å². The van der Waals surface area contributed by atoms with Crippen molar-refractivity contribution in [2.24, 2.45) is 11.8 Å². The molecule has 0 aliphatic heterocycles. The number of halogens is 2. The lowest BCUT2D eigenvalue weighted by Crippen LogP contribution is -2.38. The summed E-state index contributed by atoms with van der Waals surface area (Å²) in [4.78, 5) is 0. The first-order valence-corrected chi connectivity index (χ1v) is 9.26. The number of hydrogen-bond acceptors (Lipinski definition) is 4. The van der Waals surface area contributed by atoms with Crippen LogP contribution in [0.25, 0.3) is 0 Å². The van der Waals surface area contributed by atoms with Gasteiger partial charge >= 0.3 is 0 Å². The van der Waals surface area contributed by atoms with Crippen LogP contribution in [0.1, 0.15) is 37.3 Å². The van der Waals surface area contributed by atoms with Crippen molar-refractivity contribution < 1.29 is 12.8 Å². The quantitative estimate of drug-likeness (QED) is 0.655. The molecule has 21 heavy (non-hydrogen) atoms. The normalized spacial score (nSPS) is 24.8. The van der Waals surface area contributed by atoms with E-state index in [0.717, 1.165) is 12.8 Å². The zero-order valence-electron chi connectivity index (χ0n) is 11.9. The molecular formula is C14H20ClFN2O2S. The molecule has 7 heteroatoms. The Hall–Kier alpha value is -0.690. The molecule has 0 spiro atoms. The Morgan fingerprint density at radius 2 is 2.14 bits per heavy atom. The van der Waals surface area contributed by atoms with Gasteiger partial charge in [0, 0.05) is 11.3 Å². The zero-order chi connectivity index (χ0) is 15.6. The molecule has 0 heterocycles. The molecule has 118 valence electrons. The lowest BCUT2D eigenvalue weighted by molar-refractivity contribution is 0.274. The molecule has 3 unspecified atom stereocenters. The number of rotatable bonds is 4. The van der Waals surface area contributed by atoms with Crippen LogP contribution < -0.4 is 11.3 Å². The molecule has 0 saturated heterocycles. The second-order valence-electron chi connectivity index (χ2n) is 5.69. The summed E-state index contributed by atoms with van der Waals surface area (Å²) in [5, 5.41) is -0.0363. The second kappa shape index (κ2) is 6.60. The number of nitrogens with one attached hydrogen (secondary N) is 1. The molecule has 3 N–H and O–H groups in total. The number of benzene rings is 1. The molecule has 1 aromatic rings. The van der Waals surface area contributed by atoms with E-state index in [0.29, 0.717) is 23.4 Å². The van der Waals surface area contributed by atoms with Crippen molar-refractivity contribution in [2.75, 3.05) is 6.26 Å². The van der Waals surface area contributed by atoms with Crippen molar-refractivity contribution in [3.63, 3.8) is 0 Å². The standard InChI is InChI=1S/C14H20ClFN2O2S/c1-21(19,20)11-4-2-3-9(7-11)14(18-17)12-6-5-10(16)8-13(12)15/h5-6,8-9,11,14,18H,2-4,7,17H2,1H3. The summed E-state index contributed by atoms with van der Waals surface area (Å²) in [6, 6.07) is 3.91. The van der Waals surface area contributed by atoms with Gasteiger partial charge in [-0.05, 0) is 42.9 Å². The highest BCUT2D eigenvalue weighted by atomic mass is 35.5. The highest BCUT2D eigenvalue weighted by Gasteiger charge is 2.34. The summed E-state index contributed by atoms with van der Waals surface area (Å²) in [7, 11) is -3.06. The number of hydrogen-bond donors (Lipinski definition) is 2. The van der Waals surface area contributed by atoms with Crippen molar-refractivity contribution in [3.05, 3.63) is 34.6 Å². The molecule has 0 amide bonds. The molecule has 3 atom stereocenters. The van der Waals surface area contributed by atoms with E-state index in [9.17, 15) is 12.8 Å². The van der Waals surface area contributed by atoms with Crippen molar-refractivity contribution in [1.82, 2.24) is 5.43 Å². The van der Waals surface area contributed by atoms with E-state index in [1.54, 1.807) is 6.07 Å². The van der Waals surface area contributed by atoms with Gasteiger partial charge in [0.05, 0.1) is 11.3 Å². The molecule has 2 rings (SSSR count). The monoisotopic (exact) mass is 334 g/mol. The van der Waals surface area contributed by atoms with Crippen molar-refractivity contribution in [1.29, 1.82) is 0 Å². The summed E-state index contributed by atoms with van der Waals surface area (Å²) in [5.74, 6) is 5.30. The molecule has 1 aromatic carbocycles. The van der Waals surface area contributed by atoms with E-state index in [-0.39, 0.29) is 17.2 Å². The average molecular weight is 335 g/mol. The van der Waals surface area contributed by atoms with E-state index >= 15 is 0 Å². The minimum absolute atomic E-state index is 0.0615. The van der Waals surface area contributed by atoms with Gasteiger partial charge < -0.3 is 0 Å². The van der Waals surface area contributed by atoms with Gasteiger partial charge in [-0.15, -0.1) is 0 Å². The minimum atomic E-state index is -3.06. The van der Waals surface area contributed by atoms with Gasteiger partial charge in [-0.3, -0.25) is 11.3 Å². The van der Waals surface area contributed by atoms with E-state index in [1.165, 1.54) is 18.4 Å². The molecule has 0 radical (unpaired) electrons. The second-order valence-corrected chi connectivity index (χ2v) is 8.42. The first kappa shape index (κ1) is 16.7. The number of sulfone groups is 1. The number of nitrogens with two attached hydrogens (primary N) is 1. The fraction of sp³-hybridized carbons (Fsp3) is 0.571. The van der Waals surface area contributed by atoms with Crippen LogP contribution in [0.3, 0.4) is 0 Å². The molecule has 1 aliphatic carbocycles. The van der Waals surface area contributed by atoms with Crippen molar-refractivity contribution in [3.8, 4) is 0 Å². The highest BCUT2D eigenvalue weighted by Crippen LogP contribution is 2.38. The number of hydrazine groups is 1. The lowest BCUT2D eigenvalue weighted by atomic mass is 9.81. The van der Waals surface area contributed by atoms with Crippen LogP contribution >= 0.6 is 11.6 Å². The van der Waals surface area contributed by atoms with Crippen LogP contribution in [-0.2, 0) is 9.84 Å². The Balaban J connectivity index is 2.24. The van der Waals surface area contributed by atoms with E-state index in [2.05, 4.69) is 5.43 Å². The van der Waals surface area contributed by atoms with Crippen LogP contribution in [0.5, 0.6) is 0 Å². The van der Waals surface area contributed by atoms with Gasteiger partial charge in [-0.25, -0.2) is 12.8 Å². The summed E-state index contributed by atoms with van der Waals surface area (Å²) < 4.78 is 36.7. The van der Waals surface area contributed by atoms with Crippen molar-refractivity contribution >= 4 is 21.4 Å². The fourth-order valence-corrected chi connectivity index (χ4v) is 4.58. The van der Waals surface area contributed by atoms with Gasteiger partial charge in [0.2, 0.25) is 0 Å². The van der Waals surface area contributed by atoms with Crippen LogP contribution in [0.15, 0.2) is 18.2 Å². The van der Waals surface area contributed by atoms with Crippen molar-refractivity contribution in [2.45, 2.75) is 37.0 Å². The third-order valence-corrected chi connectivity index (χ3v) is 6.19. The maximum absolute atomic E-state index is 13.2. The van der Waals surface area contributed by atoms with Crippen LogP contribution in [-0.4, -0.2) is 19.9 Å². The zero-order valence-corrected chi connectivity index (χ0v) is 13.4. The first-order valence-electron chi connectivity index (χ1n) is 6.93. The molecule has 4 nitrogen and oxygen atoms in total. The Bertz CT molecular complexity index is 609. The molecule has 1 aliphatic rings. The average Bonchev–Trinajstić information content (AvgIpc) is 2.41. The largest absolute Gasteiger partial charge is 0.271 e. The van der Waals surface area contributed by atoms with Crippen LogP contribution in [0, 0.1) is 11.7 Å². The summed E-state index contributed by atoms with van der Waals surface area (Å²) in [5.41, 5.74) is 3.43. The van der Waals surface area contributed by atoms with Crippen LogP contribution in [0.2, 0.25) is 5.02 Å². The highest BCUT2D eigenvalue weighted by molar-refractivity contribution is 7.91. The maximum atomic E-state index is 13.2.